The Kier molecular flexibility index (Phi) is 4.64. The van der Waals surface area contributed by atoms with Crippen molar-refractivity contribution >= 4 is 17.8 Å². The van der Waals surface area contributed by atoms with Gasteiger partial charge in [0, 0.05) is 5.56 Å². The molecule has 2 aromatic carbocycles. The number of hydrogen-bond donors (Lipinski definition) is 0. The molecule has 0 bridgehead atoms. The summed E-state index contributed by atoms with van der Waals surface area (Å²) in [7, 11) is 0. The van der Waals surface area contributed by atoms with Crippen LogP contribution in [-0.4, -0.2) is 31.1 Å². The number of ketones is 1. The molecule has 23 heavy (non-hydrogen) atoms. The first-order chi connectivity index (χ1) is 11.2. The molecule has 1 unspecified atom stereocenters. The normalized spacial score (nSPS) is 16.3. The number of epoxide rings is 1. The molecule has 2 aromatic rings. The monoisotopic (exact) mass is 308 g/mol. The van der Waals surface area contributed by atoms with Gasteiger partial charge in [-0.25, -0.2) is 4.79 Å². The van der Waals surface area contributed by atoms with Crippen LogP contribution in [0.1, 0.15) is 26.3 Å². The zero-order valence-corrected chi connectivity index (χ0v) is 12.5. The van der Waals surface area contributed by atoms with Crippen LogP contribution in [0.15, 0.2) is 60.7 Å². The maximum absolute atomic E-state index is 12.0. The average molecular weight is 308 g/mol. The van der Waals surface area contributed by atoms with E-state index in [0.717, 1.165) is 5.56 Å². The summed E-state index contributed by atoms with van der Waals surface area (Å²) in [5.74, 6) is -0.421. The zero-order valence-electron chi connectivity index (χ0n) is 12.5. The molecule has 0 radical (unpaired) electrons. The Morgan fingerprint density at radius 2 is 1.74 bits per heavy atom. The second-order valence-corrected chi connectivity index (χ2v) is 5.24. The van der Waals surface area contributed by atoms with Gasteiger partial charge in [0.25, 0.3) is 0 Å². The van der Waals surface area contributed by atoms with Crippen molar-refractivity contribution in [3.8, 4) is 0 Å². The highest BCUT2D eigenvalue weighted by Gasteiger charge is 2.24. The van der Waals surface area contributed by atoms with Crippen molar-refractivity contribution in [1.82, 2.24) is 0 Å². The van der Waals surface area contributed by atoms with Crippen LogP contribution in [0, 0.1) is 0 Å². The smallest absolute Gasteiger partial charge is 0.338 e. The van der Waals surface area contributed by atoms with Crippen molar-refractivity contribution in [2.45, 2.75) is 6.10 Å². The van der Waals surface area contributed by atoms with E-state index in [0.29, 0.717) is 24.3 Å². The molecule has 4 heteroatoms. The predicted molar refractivity (Wildman–Crippen MR) is 86.3 cm³/mol. The molecule has 0 aliphatic carbocycles. The number of esters is 1. The molecular formula is C19H16O4. The molecular weight excluding hydrogens is 292 g/mol. The fourth-order valence-corrected chi connectivity index (χ4v) is 2.02. The summed E-state index contributed by atoms with van der Waals surface area (Å²) < 4.78 is 10.1. The molecule has 1 fully saturated rings. The molecule has 0 saturated carbocycles. The minimum absolute atomic E-state index is 0.0569. The number of hydrogen-bond acceptors (Lipinski definition) is 4. The van der Waals surface area contributed by atoms with Gasteiger partial charge in [0.2, 0.25) is 0 Å². The summed E-state index contributed by atoms with van der Waals surface area (Å²) in [4.78, 5) is 23.8. The second kappa shape index (κ2) is 7.03. The lowest BCUT2D eigenvalue weighted by molar-refractivity contribution is 0.0476. The van der Waals surface area contributed by atoms with Crippen LogP contribution in [0.4, 0.5) is 0 Å². The van der Waals surface area contributed by atoms with E-state index in [1.54, 1.807) is 42.5 Å². The number of benzene rings is 2. The lowest BCUT2D eigenvalue weighted by Crippen LogP contribution is -2.09. The molecule has 1 saturated heterocycles. The number of carbonyl (C=O) groups excluding carboxylic acids is 2. The fraction of sp³-hybridized carbons (Fsp3) is 0.158. The van der Waals surface area contributed by atoms with Crippen LogP contribution in [0.2, 0.25) is 0 Å². The molecule has 1 heterocycles. The van der Waals surface area contributed by atoms with Gasteiger partial charge in [-0.2, -0.15) is 0 Å². The topological polar surface area (TPSA) is 55.9 Å². The number of rotatable bonds is 6. The van der Waals surface area contributed by atoms with Crippen LogP contribution in [0.25, 0.3) is 6.08 Å². The molecule has 116 valence electrons. The van der Waals surface area contributed by atoms with Gasteiger partial charge >= 0.3 is 5.97 Å². The standard InChI is InChI=1S/C19H16O4/c20-18(15-4-2-1-3-5-15)11-8-14-6-9-16(10-7-14)19(21)23-13-17-12-22-17/h1-11,17H,12-13H2. The Hall–Kier alpha value is -2.72. The van der Waals surface area contributed by atoms with Gasteiger partial charge in [-0.3, -0.25) is 4.79 Å². The van der Waals surface area contributed by atoms with E-state index < -0.39 is 0 Å². The van der Waals surface area contributed by atoms with Gasteiger partial charge in [0.1, 0.15) is 12.7 Å². The van der Waals surface area contributed by atoms with Crippen LogP contribution in [0.5, 0.6) is 0 Å². The van der Waals surface area contributed by atoms with E-state index in [2.05, 4.69) is 0 Å². The van der Waals surface area contributed by atoms with Gasteiger partial charge < -0.3 is 9.47 Å². The number of allylic oxidation sites excluding steroid dienone is 1. The van der Waals surface area contributed by atoms with Crippen LogP contribution >= 0.6 is 0 Å². The van der Waals surface area contributed by atoms with Crippen molar-refractivity contribution in [1.29, 1.82) is 0 Å². The Bertz CT molecular complexity index is 713. The first-order valence-electron chi connectivity index (χ1n) is 7.38. The number of ether oxygens (including phenoxy) is 2. The fourth-order valence-electron chi connectivity index (χ4n) is 2.02. The van der Waals surface area contributed by atoms with E-state index in [1.165, 1.54) is 6.08 Å². The highest BCUT2D eigenvalue weighted by atomic mass is 16.6. The highest BCUT2D eigenvalue weighted by molar-refractivity contribution is 6.06. The van der Waals surface area contributed by atoms with Gasteiger partial charge in [-0.15, -0.1) is 0 Å². The molecule has 1 atom stereocenters. The largest absolute Gasteiger partial charge is 0.459 e. The van der Waals surface area contributed by atoms with Crippen molar-refractivity contribution < 1.29 is 19.1 Å². The lowest BCUT2D eigenvalue weighted by Gasteiger charge is -2.03. The van der Waals surface area contributed by atoms with Crippen LogP contribution in [-0.2, 0) is 9.47 Å². The van der Waals surface area contributed by atoms with E-state index in [4.69, 9.17) is 9.47 Å². The Balaban J connectivity index is 1.59. The molecule has 0 amide bonds. The van der Waals surface area contributed by atoms with Gasteiger partial charge in [-0.1, -0.05) is 48.5 Å². The molecule has 1 aliphatic heterocycles. The maximum Gasteiger partial charge on any atom is 0.338 e. The number of carbonyl (C=O) groups is 2. The lowest BCUT2D eigenvalue weighted by atomic mass is 10.1. The van der Waals surface area contributed by atoms with Gasteiger partial charge in [0.15, 0.2) is 5.78 Å². The quantitative estimate of drug-likeness (QED) is 0.356. The maximum atomic E-state index is 12.0. The first kappa shape index (κ1) is 15.2. The van der Waals surface area contributed by atoms with Crippen molar-refractivity contribution in [3.63, 3.8) is 0 Å². The minimum atomic E-state index is -0.364. The Morgan fingerprint density at radius 1 is 1.04 bits per heavy atom. The molecule has 0 N–H and O–H groups in total. The minimum Gasteiger partial charge on any atom is -0.459 e. The second-order valence-electron chi connectivity index (χ2n) is 5.24. The predicted octanol–water partition coefficient (Wildman–Crippen LogP) is 3.14. The van der Waals surface area contributed by atoms with E-state index in [9.17, 15) is 9.59 Å². The summed E-state index contributed by atoms with van der Waals surface area (Å²) >= 11 is 0. The third kappa shape index (κ3) is 4.37. The van der Waals surface area contributed by atoms with E-state index in [1.807, 2.05) is 18.2 Å². The molecule has 0 aromatic heterocycles. The summed E-state index contributed by atoms with van der Waals surface area (Å²) in [6, 6.07) is 16.0. The molecule has 0 spiro atoms. The van der Waals surface area contributed by atoms with Crippen molar-refractivity contribution in [3.05, 3.63) is 77.4 Å². The van der Waals surface area contributed by atoms with Crippen molar-refractivity contribution in [2.24, 2.45) is 0 Å². The zero-order chi connectivity index (χ0) is 16.1. The average Bonchev–Trinajstić information content (AvgIpc) is 3.43. The third-order valence-corrected chi connectivity index (χ3v) is 3.43. The molecule has 3 rings (SSSR count). The van der Waals surface area contributed by atoms with Gasteiger partial charge in [0.05, 0.1) is 12.2 Å². The van der Waals surface area contributed by atoms with Gasteiger partial charge in [-0.05, 0) is 23.8 Å². The van der Waals surface area contributed by atoms with Crippen LogP contribution in [0.3, 0.4) is 0 Å². The van der Waals surface area contributed by atoms with Crippen LogP contribution < -0.4 is 0 Å². The van der Waals surface area contributed by atoms with E-state index >= 15 is 0 Å². The SMILES string of the molecule is O=C(C=Cc1ccc(C(=O)OCC2CO2)cc1)c1ccccc1. The van der Waals surface area contributed by atoms with E-state index in [-0.39, 0.29) is 17.9 Å². The summed E-state index contributed by atoms with van der Waals surface area (Å²) in [5, 5.41) is 0. The molecule has 4 nitrogen and oxygen atoms in total. The molecule has 1 aliphatic rings. The summed E-state index contributed by atoms with van der Waals surface area (Å²) in [6.45, 7) is 0.957. The Morgan fingerprint density at radius 3 is 2.39 bits per heavy atom. The third-order valence-electron chi connectivity index (χ3n) is 3.43. The summed E-state index contributed by atoms with van der Waals surface area (Å²) in [5.41, 5.74) is 1.97. The first-order valence-corrected chi connectivity index (χ1v) is 7.38. The highest BCUT2D eigenvalue weighted by Crippen LogP contribution is 2.12. The summed E-state index contributed by atoms with van der Waals surface area (Å²) in [6.07, 6.45) is 3.31. The van der Waals surface area contributed by atoms with Crippen molar-refractivity contribution in [2.75, 3.05) is 13.2 Å². The Labute approximate surface area is 134 Å².